The van der Waals surface area contributed by atoms with Gasteiger partial charge in [-0.1, -0.05) is 26.8 Å². The zero-order valence-corrected chi connectivity index (χ0v) is 10.4. The Bertz CT molecular complexity index is 226. The van der Waals surface area contributed by atoms with E-state index in [-0.39, 0.29) is 5.41 Å². The van der Waals surface area contributed by atoms with Gasteiger partial charge in [0.05, 0.1) is 0 Å². The number of allylic oxidation sites excluding steroid dienone is 1. The highest BCUT2D eigenvalue weighted by Crippen LogP contribution is 2.47. The zero-order valence-electron chi connectivity index (χ0n) is 10.4. The van der Waals surface area contributed by atoms with E-state index in [4.69, 9.17) is 0 Å². The molecule has 0 aromatic carbocycles. The largest absolute Gasteiger partial charge is 0.303 e. The van der Waals surface area contributed by atoms with E-state index in [9.17, 15) is 4.79 Å². The SMILES string of the molecule is C=CC1(CC=O)CCC(C(C)(C)C)CC1. The molecule has 1 aliphatic rings. The van der Waals surface area contributed by atoms with E-state index in [0.717, 1.165) is 25.0 Å². The molecule has 0 heterocycles. The molecule has 0 aromatic heterocycles. The zero-order chi connectivity index (χ0) is 11.5. The van der Waals surface area contributed by atoms with Crippen LogP contribution in [0.4, 0.5) is 0 Å². The molecule has 0 saturated heterocycles. The van der Waals surface area contributed by atoms with E-state index in [1.54, 1.807) is 0 Å². The van der Waals surface area contributed by atoms with Crippen molar-refractivity contribution in [3.05, 3.63) is 12.7 Å². The van der Waals surface area contributed by atoms with Crippen LogP contribution in [0.3, 0.4) is 0 Å². The molecule has 86 valence electrons. The Morgan fingerprint density at radius 2 is 1.87 bits per heavy atom. The van der Waals surface area contributed by atoms with Crippen molar-refractivity contribution in [3.8, 4) is 0 Å². The second-order valence-corrected chi connectivity index (χ2v) is 6.08. The van der Waals surface area contributed by atoms with Crippen LogP contribution in [0.5, 0.6) is 0 Å². The van der Waals surface area contributed by atoms with Crippen molar-refractivity contribution >= 4 is 6.29 Å². The lowest BCUT2D eigenvalue weighted by Crippen LogP contribution is -2.31. The van der Waals surface area contributed by atoms with Gasteiger partial charge < -0.3 is 4.79 Å². The number of hydrogen-bond donors (Lipinski definition) is 0. The molecule has 0 amide bonds. The van der Waals surface area contributed by atoms with Crippen LogP contribution in [0.1, 0.15) is 52.9 Å². The molecule has 1 heteroatoms. The highest BCUT2D eigenvalue weighted by atomic mass is 16.1. The van der Waals surface area contributed by atoms with E-state index < -0.39 is 0 Å². The summed E-state index contributed by atoms with van der Waals surface area (Å²) in [6.45, 7) is 10.9. The maximum Gasteiger partial charge on any atom is 0.120 e. The molecule has 0 aromatic rings. The van der Waals surface area contributed by atoms with Gasteiger partial charge in [0.25, 0.3) is 0 Å². The third-order valence-electron chi connectivity index (χ3n) is 4.13. The van der Waals surface area contributed by atoms with Crippen LogP contribution in [-0.2, 0) is 4.79 Å². The Hall–Kier alpha value is -0.590. The van der Waals surface area contributed by atoms with Gasteiger partial charge in [-0.2, -0.15) is 0 Å². The lowest BCUT2D eigenvalue weighted by atomic mass is 9.63. The summed E-state index contributed by atoms with van der Waals surface area (Å²) in [6, 6.07) is 0. The Morgan fingerprint density at radius 3 is 2.20 bits per heavy atom. The van der Waals surface area contributed by atoms with E-state index in [0.29, 0.717) is 11.8 Å². The quantitative estimate of drug-likeness (QED) is 0.506. The monoisotopic (exact) mass is 208 g/mol. The molecule has 0 radical (unpaired) electrons. The van der Waals surface area contributed by atoms with Gasteiger partial charge >= 0.3 is 0 Å². The van der Waals surface area contributed by atoms with E-state index in [2.05, 4.69) is 27.4 Å². The molecule has 15 heavy (non-hydrogen) atoms. The molecule has 0 spiro atoms. The van der Waals surface area contributed by atoms with Crippen molar-refractivity contribution in [3.63, 3.8) is 0 Å². The topological polar surface area (TPSA) is 17.1 Å². The summed E-state index contributed by atoms with van der Waals surface area (Å²) in [7, 11) is 0. The Kier molecular flexibility index (Phi) is 3.75. The molecule has 1 fully saturated rings. The van der Waals surface area contributed by atoms with Crippen molar-refractivity contribution in [2.24, 2.45) is 16.7 Å². The van der Waals surface area contributed by atoms with E-state index in [1.807, 2.05) is 6.08 Å². The average Bonchev–Trinajstić information content (AvgIpc) is 2.17. The summed E-state index contributed by atoms with van der Waals surface area (Å²) in [5, 5.41) is 0. The van der Waals surface area contributed by atoms with Crippen molar-refractivity contribution in [2.45, 2.75) is 52.9 Å². The first-order chi connectivity index (χ1) is 6.93. The predicted octanol–water partition coefficient (Wildman–Crippen LogP) is 3.98. The first-order valence-electron chi connectivity index (χ1n) is 6.01. The Morgan fingerprint density at radius 1 is 1.33 bits per heavy atom. The van der Waals surface area contributed by atoms with Crippen LogP contribution >= 0.6 is 0 Å². The van der Waals surface area contributed by atoms with Crippen LogP contribution in [0, 0.1) is 16.7 Å². The van der Waals surface area contributed by atoms with Crippen molar-refractivity contribution in [1.29, 1.82) is 0 Å². The van der Waals surface area contributed by atoms with Crippen LogP contribution in [-0.4, -0.2) is 6.29 Å². The van der Waals surface area contributed by atoms with Crippen molar-refractivity contribution < 1.29 is 4.79 Å². The second-order valence-electron chi connectivity index (χ2n) is 6.08. The number of carbonyl (C=O) groups excluding carboxylic acids is 1. The lowest BCUT2D eigenvalue weighted by molar-refractivity contribution is -0.109. The van der Waals surface area contributed by atoms with Gasteiger partial charge in [-0.25, -0.2) is 0 Å². The van der Waals surface area contributed by atoms with Gasteiger partial charge in [-0.05, 0) is 42.4 Å². The van der Waals surface area contributed by atoms with Crippen molar-refractivity contribution in [1.82, 2.24) is 0 Å². The maximum atomic E-state index is 10.7. The summed E-state index contributed by atoms with van der Waals surface area (Å²) in [5.41, 5.74) is 0.526. The van der Waals surface area contributed by atoms with Gasteiger partial charge in [-0.15, -0.1) is 6.58 Å². The molecule has 0 bridgehead atoms. The third-order valence-corrected chi connectivity index (χ3v) is 4.13. The molecule has 0 N–H and O–H groups in total. The lowest BCUT2D eigenvalue weighted by Gasteiger charge is -2.42. The van der Waals surface area contributed by atoms with E-state index >= 15 is 0 Å². The molecule has 1 aliphatic carbocycles. The first-order valence-corrected chi connectivity index (χ1v) is 6.01. The number of carbonyl (C=O) groups is 1. The highest BCUT2D eigenvalue weighted by Gasteiger charge is 2.36. The standard InChI is InChI=1S/C14H24O/c1-5-14(10-11-15)8-6-12(7-9-14)13(2,3)4/h5,11-12H,1,6-10H2,2-4H3. The van der Waals surface area contributed by atoms with Gasteiger partial charge in [0.2, 0.25) is 0 Å². The minimum absolute atomic E-state index is 0.115. The van der Waals surface area contributed by atoms with Crippen molar-refractivity contribution in [2.75, 3.05) is 0 Å². The fraction of sp³-hybridized carbons (Fsp3) is 0.786. The summed E-state index contributed by atoms with van der Waals surface area (Å²) in [4.78, 5) is 10.7. The van der Waals surface area contributed by atoms with Gasteiger partial charge in [0.1, 0.15) is 6.29 Å². The average molecular weight is 208 g/mol. The minimum Gasteiger partial charge on any atom is -0.303 e. The molecular weight excluding hydrogens is 184 g/mol. The molecule has 1 saturated carbocycles. The molecular formula is C14H24O. The number of rotatable bonds is 3. The summed E-state index contributed by atoms with van der Waals surface area (Å²) < 4.78 is 0. The fourth-order valence-corrected chi connectivity index (χ4v) is 2.72. The molecule has 1 rings (SSSR count). The number of aldehydes is 1. The summed E-state index contributed by atoms with van der Waals surface area (Å²) in [6.07, 6.45) is 8.48. The number of hydrogen-bond acceptors (Lipinski definition) is 1. The predicted molar refractivity (Wildman–Crippen MR) is 64.7 cm³/mol. The normalized spacial score (nSPS) is 32.3. The molecule has 0 aliphatic heterocycles. The molecule has 0 atom stereocenters. The van der Waals surface area contributed by atoms with Crippen LogP contribution in [0.2, 0.25) is 0 Å². The third kappa shape index (κ3) is 2.93. The summed E-state index contributed by atoms with van der Waals surface area (Å²) in [5.74, 6) is 0.803. The summed E-state index contributed by atoms with van der Waals surface area (Å²) >= 11 is 0. The van der Waals surface area contributed by atoms with Gasteiger partial charge in [0.15, 0.2) is 0 Å². The molecule has 0 unspecified atom stereocenters. The van der Waals surface area contributed by atoms with Crippen LogP contribution in [0.25, 0.3) is 0 Å². The Labute approximate surface area is 93.9 Å². The van der Waals surface area contributed by atoms with Gasteiger partial charge in [-0.3, -0.25) is 0 Å². The van der Waals surface area contributed by atoms with E-state index in [1.165, 1.54) is 12.8 Å². The Balaban J connectivity index is 2.60. The second kappa shape index (κ2) is 4.51. The van der Waals surface area contributed by atoms with Crippen LogP contribution < -0.4 is 0 Å². The smallest absolute Gasteiger partial charge is 0.120 e. The molecule has 1 nitrogen and oxygen atoms in total. The maximum absolute atomic E-state index is 10.7. The fourth-order valence-electron chi connectivity index (χ4n) is 2.72. The van der Waals surface area contributed by atoms with Gasteiger partial charge in [0, 0.05) is 6.42 Å². The van der Waals surface area contributed by atoms with Crippen LogP contribution in [0.15, 0.2) is 12.7 Å². The minimum atomic E-state index is 0.115. The highest BCUT2D eigenvalue weighted by molar-refractivity contribution is 5.51. The first kappa shape index (κ1) is 12.5.